The summed E-state index contributed by atoms with van der Waals surface area (Å²) in [5.41, 5.74) is 0.936. The van der Waals surface area contributed by atoms with E-state index in [9.17, 15) is 13.5 Å². The number of benzene rings is 2. The molecule has 2 aliphatic heterocycles. The van der Waals surface area contributed by atoms with Crippen molar-refractivity contribution in [1.82, 2.24) is 0 Å². The quantitative estimate of drug-likeness (QED) is 0.678. The predicted molar refractivity (Wildman–Crippen MR) is 110 cm³/mol. The normalized spacial score (nSPS) is 31.2. The summed E-state index contributed by atoms with van der Waals surface area (Å²) in [6.45, 7) is 0.327. The van der Waals surface area contributed by atoms with Crippen molar-refractivity contribution < 1.29 is 37.2 Å². The minimum Gasteiger partial charge on any atom is -0.387 e. The van der Waals surface area contributed by atoms with E-state index in [4.69, 9.17) is 23.7 Å². The van der Waals surface area contributed by atoms with E-state index in [0.29, 0.717) is 0 Å². The number of aliphatic hydroxyl groups is 1. The van der Waals surface area contributed by atoms with Gasteiger partial charge in [0.25, 0.3) is 0 Å². The molecule has 4 rings (SSSR count). The second-order valence-electron chi connectivity index (χ2n) is 7.49. The van der Waals surface area contributed by atoms with Gasteiger partial charge < -0.3 is 28.8 Å². The molecule has 1 N–H and O–H groups in total. The van der Waals surface area contributed by atoms with Gasteiger partial charge in [-0.05, 0) is 17.7 Å². The Morgan fingerprint density at radius 1 is 1.03 bits per heavy atom. The van der Waals surface area contributed by atoms with Crippen LogP contribution in [0.3, 0.4) is 0 Å². The number of fused-ring (bicyclic) bond motifs is 1. The van der Waals surface area contributed by atoms with Crippen LogP contribution in [0.15, 0.2) is 65.6 Å². The van der Waals surface area contributed by atoms with Crippen LogP contribution in [0.25, 0.3) is 0 Å². The number of sulfone groups is 1. The first-order chi connectivity index (χ1) is 15.0. The maximum Gasteiger partial charge on any atom is 0.186 e. The van der Waals surface area contributed by atoms with Crippen LogP contribution in [0.2, 0.25) is 0 Å². The monoisotopic (exact) mass is 450 g/mol. The Hall–Kier alpha value is -1.85. The van der Waals surface area contributed by atoms with Crippen molar-refractivity contribution in [2.24, 2.45) is 0 Å². The van der Waals surface area contributed by atoms with Crippen molar-refractivity contribution in [2.45, 2.75) is 48.5 Å². The standard InChI is InChI=1S/C22H26O8S/c1-26-22-21(28-12-15-8-4-2-5-9-15)19(23)20-17(29-22)13-27-18(30-20)14-31(24,25)16-10-6-3-7-11-16/h2-11,17-23H,12-14H2,1H3/t17-,18?,19+,20-,21+,22+/m1/s1. The first kappa shape index (κ1) is 22.3. The third-order valence-electron chi connectivity index (χ3n) is 5.35. The van der Waals surface area contributed by atoms with E-state index in [2.05, 4.69) is 0 Å². The topological polar surface area (TPSA) is 101 Å². The SMILES string of the molecule is CO[C@H]1O[C@@H]2COC(CS(=O)(=O)c3ccccc3)O[C@H]2[C@H](O)[C@@H]1OCc1ccccc1. The highest BCUT2D eigenvalue weighted by atomic mass is 32.2. The summed E-state index contributed by atoms with van der Waals surface area (Å²) in [4.78, 5) is 0.188. The van der Waals surface area contributed by atoms with Crippen LogP contribution in [0, 0.1) is 0 Å². The minimum absolute atomic E-state index is 0.0714. The number of hydrogen-bond donors (Lipinski definition) is 1. The van der Waals surface area contributed by atoms with Crippen LogP contribution in [0.5, 0.6) is 0 Å². The van der Waals surface area contributed by atoms with E-state index >= 15 is 0 Å². The maximum absolute atomic E-state index is 12.7. The Balaban J connectivity index is 1.43. The summed E-state index contributed by atoms with van der Waals surface area (Å²) in [7, 11) is -2.15. The molecule has 2 aromatic carbocycles. The molecule has 2 aliphatic rings. The van der Waals surface area contributed by atoms with Crippen LogP contribution in [0.1, 0.15) is 5.56 Å². The zero-order chi connectivity index (χ0) is 21.8. The van der Waals surface area contributed by atoms with Gasteiger partial charge in [0.1, 0.15) is 30.2 Å². The molecule has 0 aliphatic carbocycles. The van der Waals surface area contributed by atoms with Crippen molar-refractivity contribution in [3.05, 3.63) is 66.2 Å². The molecule has 0 aromatic heterocycles. The van der Waals surface area contributed by atoms with Gasteiger partial charge in [-0.2, -0.15) is 0 Å². The lowest BCUT2D eigenvalue weighted by Gasteiger charge is -2.47. The number of aliphatic hydroxyl groups excluding tert-OH is 1. The fourth-order valence-corrected chi connectivity index (χ4v) is 5.04. The summed E-state index contributed by atoms with van der Waals surface area (Å²) in [6, 6.07) is 17.6. The van der Waals surface area contributed by atoms with Crippen molar-refractivity contribution in [3.8, 4) is 0 Å². The van der Waals surface area contributed by atoms with E-state index < -0.39 is 46.8 Å². The van der Waals surface area contributed by atoms with Gasteiger partial charge in [-0.25, -0.2) is 8.42 Å². The molecule has 0 radical (unpaired) electrons. The lowest BCUT2D eigenvalue weighted by atomic mass is 9.98. The fraction of sp³-hybridized carbons (Fsp3) is 0.455. The molecule has 0 spiro atoms. The summed E-state index contributed by atoms with van der Waals surface area (Å²) < 4.78 is 53.9. The van der Waals surface area contributed by atoms with Gasteiger partial charge in [-0.3, -0.25) is 0 Å². The van der Waals surface area contributed by atoms with E-state index in [-0.39, 0.29) is 23.9 Å². The summed E-state index contributed by atoms with van der Waals surface area (Å²) in [5.74, 6) is -0.365. The highest BCUT2D eigenvalue weighted by Gasteiger charge is 2.50. The Morgan fingerprint density at radius 3 is 2.39 bits per heavy atom. The smallest absolute Gasteiger partial charge is 0.186 e. The Bertz CT molecular complexity index is 936. The van der Waals surface area contributed by atoms with Crippen molar-refractivity contribution >= 4 is 9.84 Å². The highest BCUT2D eigenvalue weighted by molar-refractivity contribution is 7.91. The maximum atomic E-state index is 12.7. The average molecular weight is 451 g/mol. The Kier molecular flexibility index (Phi) is 7.02. The zero-order valence-electron chi connectivity index (χ0n) is 17.1. The van der Waals surface area contributed by atoms with Crippen molar-refractivity contribution in [3.63, 3.8) is 0 Å². The largest absolute Gasteiger partial charge is 0.387 e. The Morgan fingerprint density at radius 2 is 1.71 bits per heavy atom. The predicted octanol–water partition coefficient (Wildman–Crippen LogP) is 1.52. The van der Waals surface area contributed by atoms with Gasteiger partial charge >= 0.3 is 0 Å². The lowest BCUT2D eigenvalue weighted by Crippen LogP contribution is -2.64. The molecule has 2 fully saturated rings. The number of ether oxygens (including phenoxy) is 5. The molecule has 2 saturated heterocycles. The first-order valence-corrected chi connectivity index (χ1v) is 11.7. The zero-order valence-corrected chi connectivity index (χ0v) is 17.9. The molecule has 31 heavy (non-hydrogen) atoms. The molecule has 2 heterocycles. The molecule has 9 heteroatoms. The third kappa shape index (κ3) is 5.15. The van der Waals surface area contributed by atoms with Crippen LogP contribution >= 0.6 is 0 Å². The van der Waals surface area contributed by atoms with E-state index in [1.54, 1.807) is 18.2 Å². The molecule has 168 valence electrons. The molecule has 2 aromatic rings. The molecule has 8 nitrogen and oxygen atoms in total. The third-order valence-corrected chi connectivity index (χ3v) is 7.05. The van der Waals surface area contributed by atoms with Gasteiger partial charge in [0.15, 0.2) is 22.4 Å². The van der Waals surface area contributed by atoms with Gasteiger partial charge in [0, 0.05) is 7.11 Å². The van der Waals surface area contributed by atoms with Gasteiger partial charge in [-0.1, -0.05) is 48.5 Å². The van der Waals surface area contributed by atoms with E-state index in [1.807, 2.05) is 30.3 Å². The van der Waals surface area contributed by atoms with E-state index in [0.717, 1.165) is 5.56 Å². The van der Waals surface area contributed by atoms with Gasteiger partial charge in [0.05, 0.1) is 18.1 Å². The van der Waals surface area contributed by atoms with Crippen molar-refractivity contribution in [2.75, 3.05) is 19.5 Å². The molecule has 0 bridgehead atoms. The molecule has 6 atom stereocenters. The van der Waals surface area contributed by atoms with Crippen LogP contribution in [0.4, 0.5) is 0 Å². The molecule has 0 amide bonds. The Labute approximate surface area is 181 Å². The lowest BCUT2D eigenvalue weighted by molar-refractivity contribution is -0.358. The second kappa shape index (κ2) is 9.74. The molecular weight excluding hydrogens is 424 g/mol. The summed E-state index contributed by atoms with van der Waals surface area (Å²) >= 11 is 0. The van der Waals surface area contributed by atoms with Crippen LogP contribution in [-0.4, -0.2) is 70.0 Å². The summed E-state index contributed by atoms with van der Waals surface area (Å²) in [6.07, 6.45) is -5.14. The molecule has 0 saturated carbocycles. The number of rotatable bonds is 7. The first-order valence-electron chi connectivity index (χ1n) is 10.0. The van der Waals surface area contributed by atoms with Gasteiger partial charge in [-0.15, -0.1) is 0 Å². The number of methoxy groups -OCH3 is 1. The van der Waals surface area contributed by atoms with Crippen LogP contribution < -0.4 is 0 Å². The van der Waals surface area contributed by atoms with E-state index in [1.165, 1.54) is 19.2 Å². The van der Waals surface area contributed by atoms with Crippen molar-refractivity contribution in [1.29, 1.82) is 0 Å². The fourth-order valence-electron chi connectivity index (χ4n) is 3.74. The minimum atomic E-state index is -3.62. The second-order valence-corrected chi connectivity index (χ2v) is 9.52. The highest BCUT2D eigenvalue weighted by Crippen LogP contribution is 2.31. The van der Waals surface area contributed by atoms with Crippen LogP contribution in [-0.2, 0) is 40.1 Å². The molecule has 1 unspecified atom stereocenters. The summed E-state index contributed by atoms with van der Waals surface area (Å²) in [5, 5.41) is 11.0. The molecular formula is C22H26O8S. The van der Waals surface area contributed by atoms with Gasteiger partial charge in [0.2, 0.25) is 0 Å². The number of hydrogen-bond acceptors (Lipinski definition) is 8. The average Bonchev–Trinajstić information content (AvgIpc) is 2.79.